The summed E-state index contributed by atoms with van der Waals surface area (Å²) in [6.45, 7) is 0.816. The van der Waals surface area contributed by atoms with Crippen LogP contribution < -0.4 is 0 Å². The molecule has 5 nitrogen and oxygen atoms in total. The monoisotopic (exact) mass is 334 g/mol. The number of piperidine rings is 1. The lowest BCUT2D eigenvalue weighted by Crippen LogP contribution is -2.44. The van der Waals surface area contributed by atoms with Crippen LogP contribution in [-0.4, -0.2) is 37.9 Å². The van der Waals surface area contributed by atoms with Gasteiger partial charge in [0.05, 0.1) is 11.9 Å². The smallest absolute Gasteiger partial charge is 0.255 e. The van der Waals surface area contributed by atoms with Crippen molar-refractivity contribution in [2.24, 2.45) is 7.05 Å². The Bertz CT molecular complexity index is 887. The van der Waals surface area contributed by atoms with Crippen LogP contribution in [0.4, 0.5) is 0 Å². The van der Waals surface area contributed by atoms with Crippen molar-refractivity contribution in [1.29, 1.82) is 0 Å². The fraction of sp³-hybridized carbons (Fsp3) is 0.350. The molecule has 1 amide bonds. The molecule has 0 saturated carbocycles. The number of imidazole rings is 1. The summed E-state index contributed by atoms with van der Waals surface area (Å²) in [6.07, 6.45) is 7.62. The highest BCUT2D eigenvalue weighted by atomic mass is 16.2. The first-order valence-corrected chi connectivity index (χ1v) is 8.84. The largest absolute Gasteiger partial charge is 0.335 e. The number of likely N-dealkylation sites (tertiary alicyclic amines) is 1. The van der Waals surface area contributed by atoms with E-state index in [-0.39, 0.29) is 11.9 Å². The number of carbonyl (C=O) groups excluding carboxylic acids is 1. The average molecular weight is 334 g/mol. The molecule has 25 heavy (non-hydrogen) atoms. The lowest BCUT2D eigenvalue weighted by Gasteiger charge is -2.36. The van der Waals surface area contributed by atoms with E-state index in [9.17, 15) is 4.79 Å². The van der Waals surface area contributed by atoms with Crippen LogP contribution in [0.15, 0.2) is 48.9 Å². The predicted molar refractivity (Wildman–Crippen MR) is 97.3 cm³/mol. The van der Waals surface area contributed by atoms with Gasteiger partial charge in [0.2, 0.25) is 0 Å². The SMILES string of the molecule is Cn1cnc2cc(C(=O)N3CCCC[C@H]3Cc3ccccc3)cnc21. The van der Waals surface area contributed by atoms with Gasteiger partial charge in [-0.25, -0.2) is 9.97 Å². The Morgan fingerprint density at radius 3 is 2.88 bits per heavy atom. The maximum Gasteiger partial charge on any atom is 0.255 e. The zero-order chi connectivity index (χ0) is 17.2. The lowest BCUT2D eigenvalue weighted by atomic mass is 9.95. The van der Waals surface area contributed by atoms with Crippen LogP contribution in [0.1, 0.15) is 35.2 Å². The Morgan fingerprint density at radius 1 is 1.20 bits per heavy atom. The molecule has 0 spiro atoms. The van der Waals surface area contributed by atoms with Crippen molar-refractivity contribution < 1.29 is 4.79 Å². The second-order valence-electron chi connectivity index (χ2n) is 6.76. The van der Waals surface area contributed by atoms with Crippen molar-refractivity contribution >= 4 is 17.1 Å². The molecule has 4 rings (SSSR count). The summed E-state index contributed by atoms with van der Waals surface area (Å²) in [7, 11) is 1.91. The number of nitrogens with zero attached hydrogens (tertiary/aromatic N) is 4. The lowest BCUT2D eigenvalue weighted by molar-refractivity contribution is 0.0613. The molecule has 3 aromatic rings. The Hall–Kier alpha value is -2.69. The zero-order valence-corrected chi connectivity index (χ0v) is 14.4. The Kier molecular flexibility index (Phi) is 4.22. The van der Waals surface area contributed by atoms with E-state index < -0.39 is 0 Å². The molecule has 3 heterocycles. The van der Waals surface area contributed by atoms with E-state index in [1.165, 1.54) is 12.0 Å². The number of aryl methyl sites for hydroxylation is 1. The third-order valence-corrected chi connectivity index (χ3v) is 5.00. The van der Waals surface area contributed by atoms with Gasteiger partial charge in [-0.15, -0.1) is 0 Å². The van der Waals surface area contributed by atoms with E-state index in [0.29, 0.717) is 5.56 Å². The highest BCUT2D eigenvalue weighted by molar-refractivity contribution is 5.96. The quantitative estimate of drug-likeness (QED) is 0.739. The minimum atomic E-state index is 0.0701. The van der Waals surface area contributed by atoms with E-state index in [4.69, 9.17) is 0 Å². The first kappa shape index (κ1) is 15.8. The number of aromatic nitrogens is 3. The molecule has 1 aliphatic rings. The Labute approximate surface area is 147 Å². The molecule has 1 fully saturated rings. The van der Waals surface area contributed by atoms with E-state index in [2.05, 4.69) is 34.2 Å². The van der Waals surface area contributed by atoms with Gasteiger partial charge >= 0.3 is 0 Å². The summed E-state index contributed by atoms with van der Waals surface area (Å²) >= 11 is 0. The molecule has 2 aromatic heterocycles. The molecule has 0 aliphatic carbocycles. The second-order valence-corrected chi connectivity index (χ2v) is 6.76. The summed E-state index contributed by atoms with van der Waals surface area (Å²) < 4.78 is 1.86. The number of benzene rings is 1. The molecule has 1 atom stereocenters. The van der Waals surface area contributed by atoms with Gasteiger partial charge in [-0.05, 0) is 37.3 Å². The molecule has 1 aliphatic heterocycles. The fourth-order valence-electron chi connectivity index (χ4n) is 3.67. The molecule has 0 radical (unpaired) electrons. The summed E-state index contributed by atoms with van der Waals surface area (Å²) in [4.78, 5) is 23.9. The maximum absolute atomic E-state index is 13.1. The summed E-state index contributed by atoms with van der Waals surface area (Å²) in [5.41, 5.74) is 3.48. The molecule has 0 N–H and O–H groups in total. The van der Waals surface area contributed by atoms with Crippen LogP contribution >= 0.6 is 0 Å². The van der Waals surface area contributed by atoms with Crippen LogP contribution in [0.2, 0.25) is 0 Å². The predicted octanol–water partition coefficient (Wildman–Crippen LogP) is 3.21. The van der Waals surface area contributed by atoms with Gasteiger partial charge in [0.25, 0.3) is 5.91 Å². The third-order valence-electron chi connectivity index (χ3n) is 5.00. The van der Waals surface area contributed by atoms with Crippen molar-refractivity contribution in [3.63, 3.8) is 0 Å². The van der Waals surface area contributed by atoms with Crippen LogP contribution in [0.3, 0.4) is 0 Å². The van der Waals surface area contributed by atoms with Crippen molar-refractivity contribution in [2.75, 3.05) is 6.54 Å². The number of rotatable bonds is 3. The second kappa shape index (κ2) is 6.67. The molecule has 1 aromatic carbocycles. The first-order valence-electron chi connectivity index (χ1n) is 8.84. The minimum Gasteiger partial charge on any atom is -0.335 e. The Morgan fingerprint density at radius 2 is 2.04 bits per heavy atom. The van der Waals surface area contributed by atoms with Crippen LogP contribution in [0, 0.1) is 0 Å². The minimum absolute atomic E-state index is 0.0701. The van der Waals surface area contributed by atoms with E-state index in [1.54, 1.807) is 12.5 Å². The molecule has 1 saturated heterocycles. The third kappa shape index (κ3) is 3.14. The molecule has 0 unspecified atom stereocenters. The molecule has 128 valence electrons. The van der Waals surface area contributed by atoms with Crippen molar-refractivity contribution in [3.8, 4) is 0 Å². The van der Waals surface area contributed by atoms with Crippen molar-refractivity contribution in [1.82, 2.24) is 19.4 Å². The fourth-order valence-corrected chi connectivity index (χ4v) is 3.67. The number of hydrogen-bond donors (Lipinski definition) is 0. The van der Waals surface area contributed by atoms with Gasteiger partial charge in [-0.2, -0.15) is 0 Å². The summed E-state index contributed by atoms with van der Waals surface area (Å²) in [6, 6.07) is 12.5. The van der Waals surface area contributed by atoms with Gasteiger partial charge in [-0.1, -0.05) is 30.3 Å². The van der Waals surface area contributed by atoms with E-state index in [1.807, 2.05) is 28.6 Å². The van der Waals surface area contributed by atoms with E-state index in [0.717, 1.165) is 37.0 Å². The number of pyridine rings is 1. The zero-order valence-electron chi connectivity index (χ0n) is 14.4. The topological polar surface area (TPSA) is 51.0 Å². The van der Waals surface area contributed by atoms with Gasteiger partial charge in [0, 0.05) is 25.8 Å². The van der Waals surface area contributed by atoms with Gasteiger partial charge in [0.15, 0.2) is 5.65 Å². The number of fused-ring (bicyclic) bond motifs is 1. The summed E-state index contributed by atoms with van der Waals surface area (Å²) in [5.74, 6) is 0.0701. The summed E-state index contributed by atoms with van der Waals surface area (Å²) in [5, 5.41) is 0. The highest BCUT2D eigenvalue weighted by Gasteiger charge is 2.28. The Balaban J connectivity index is 1.59. The maximum atomic E-state index is 13.1. The van der Waals surface area contributed by atoms with Crippen LogP contribution in [0.25, 0.3) is 11.2 Å². The van der Waals surface area contributed by atoms with Gasteiger partial charge < -0.3 is 9.47 Å². The number of amides is 1. The van der Waals surface area contributed by atoms with Gasteiger partial charge in [-0.3, -0.25) is 4.79 Å². The van der Waals surface area contributed by atoms with Crippen LogP contribution in [0.5, 0.6) is 0 Å². The van der Waals surface area contributed by atoms with Gasteiger partial charge in [0.1, 0.15) is 5.52 Å². The average Bonchev–Trinajstić information content (AvgIpc) is 3.03. The van der Waals surface area contributed by atoms with Crippen LogP contribution in [-0.2, 0) is 13.5 Å². The molecule has 5 heteroatoms. The highest BCUT2D eigenvalue weighted by Crippen LogP contribution is 2.23. The number of carbonyl (C=O) groups is 1. The number of hydrogen-bond acceptors (Lipinski definition) is 3. The standard InChI is InChI=1S/C20H22N4O/c1-23-14-22-18-12-16(13-21-19(18)23)20(25)24-10-6-5-9-17(24)11-15-7-3-2-4-8-15/h2-4,7-8,12-14,17H,5-6,9-11H2,1H3/t17-/m0/s1. The van der Waals surface area contributed by atoms with Crippen molar-refractivity contribution in [2.45, 2.75) is 31.7 Å². The van der Waals surface area contributed by atoms with Crippen molar-refractivity contribution in [3.05, 3.63) is 60.0 Å². The molecular weight excluding hydrogens is 312 g/mol. The first-order chi connectivity index (χ1) is 12.2. The van der Waals surface area contributed by atoms with E-state index >= 15 is 0 Å². The molecular formula is C20H22N4O. The normalized spacial score (nSPS) is 17.8. The molecule has 0 bridgehead atoms.